The molecule has 0 unspecified atom stereocenters. The molecule has 6 heteroatoms. The summed E-state index contributed by atoms with van der Waals surface area (Å²) < 4.78 is 0. The van der Waals surface area contributed by atoms with E-state index >= 15 is 0 Å². The zero-order valence-electron chi connectivity index (χ0n) is 17.5. The minimum absolute atomic E-state index is 0.0873. The first-order valence-electron chi connectivity index (χ1n) is 10.2. The van der Waals surface area contributed by atoms with Crippen molar-refractivity contribution >= 4 is 11.8 Å². The van der Waals surface area contributed by atoms with E-state index < -0.39 is 0 Å². The van der Waals surface area contributed by atoms with E-state index in [9.17, 15) is 9.59 Å². The van der Waals surface area contributed by atoms with E-state index in [4.69, 9.17) is 0 Å². The Hall–Kier alpha value is -1.66. The maximum atomic E-state index is 11.0. The summed E-state index contributed by atoms with van der Waals surface area (Å²) in [5, 5.41) is 5.61. The van der Waals surface area contributed by atoms with E-state index in [1.54, 1.807) is 0 Å². The van der Waals surface area contributed by atoms with Gasteiger partial charge in [-0.3, -0.25) is 9.59 Å². The van der Waals surface area contributed by atoms with Crippen molar-refractivity contribution in [2.24, 2.45) is 0 Å². The molecule has 0 aliphatic rings. The predicted molar refractivity (Wildman–Crippen MR) is 114 cm³/mol. The summed E-state index contributed by atoms with van der Waals surface area (Å²) in [6, 6.07) is 0. The minimum Gasteiger partial charge on any atom is -0.353 e. The summed E-state index contributed by atoms with van der Waals surface area (Å²) in [6.45, 7) is 12.8. The van der Waals surface area contributed by atoms with Crippen molar-refractivity contribution in [1.82, 2.24) is 20.4 Å². The molecule has 0 heterocycles. The highest BCUT2D eigenvalue weighted by Crippen LogP contribution is 2.00. The van der Waals surface area contributed by atoms with E-state index in [1.165, 1.54) is 31.4 Å². The lowest BCUT2D eigenvalue weighted by atomic mass is 10.2. The lowest BCUT2D eigenvalue weighted by Crippen LogP contribution is -2.27. The van der Waals surface area contributed by atoms with Gasteiger partial charge in [-0.05, 0) is 84.5 Å². The van der Waals surface area contributed by atoms with Gasteiger partial charge in [-0.15, -0.1) is 0 Å². The molecule has 0 spiro atoms. The van der Waals surface area contributed by atoms with Crippen LogP contribution in [-0.2, 0) is 9.59 Å². The maximum Gasteiger partial charge on any atom is 0.243 e. The number of amides is 2. The largest absolute Gasteiger partial charge is 0.353 e. The van der Waals surface area contributed by atoms with Crippen LogP contribution in [0, 0.1) is 0 Å². The normalized spacial score (nSPS) is 10.8. The predicted octanol–water partition coefficient (Wildman–Crippen LogP) is 2.19. The molecule has 0 aromatic heterocycles. The number of hydrogen-bond donors (Lipinski definition) is 2. The first kappa shape index (κ1) is 25.3. The third kappa shape index (κ3) is 17.5. The topological polar surface area (TPSA) is 64.7 Å². The number of carbonyl (C=O) groups is 2. The molecule has 6 nitrogen and oxygen atoms in total. The molecule has 0 atom stereocenters. The van der Waals surface area contributed by atoms with Gasteiger partial charge in [-0.25, -0.2) is 0 Å². The van der Waals surface area contributed by atoms with Gasteiger partial charge in [-0.2, -0.15) is 0 Å². The molecule has 0 radical (unpaired) electrons. The molecule has 0 saturated heterocycles. The lowest BCUT2D eigenvalue weighted by molar-refractivity contribution is -0.117. The van der Waals surface area contributed by atoms with Crippen LogP contribution in [0.1, 0.15) is 44.9 Å². The summed E-state index contributed by atoms with van der Waals surface area (Å²) in [4.78, 5) is 26.8. The van der Waals surface area contributed by atoms with Crippen LogP contribution in [0.15, 0.2) is 25.3 Å². The summed E-state index contributed by atoms with van der Waals surface area (Å²) >= 11 is 0. The highest BCUT2D eigenvalue weighted by Gasteiger charge is 2.02. The first-order chi connectivity index (χ1) is 13.0. The Balaban J connectivity index is 3.42. The fraction of sp³-hybridized carbons (Fsp3) is 0.714. The Morgan fingerprint density at radius 2 is 1.04 bits per heavy atom. The Labute approximate surface area is 166 Å². The Bertz CT molecular complexity index is 388. The second-order valence-corrected chi connectivity index (χ2v) is 7.07. The van der Waals surface area contributed by atoms with Gasteiger partial charge >= 0.3 is 0 Å². The zero-order valence-corrected chi connectivity index (χ0v) is 17.5. The van der Waals surface area contributed by atoms with Crippen LogP contribution in [0.2, 0.25) is 0 Å². The molecule has 156 valence electrons. The summed E-state index contributed by atoms with van der Waals surface area (Å²) in [7, 11) is 4.36. The fourth-order valence-corrected chi connectivity index (χ4v) is 2.77. The van der Waals surface area contributed by atoms with Gasteiger partial charge in [0.2, 0.25) is 11.8 Å². The van der Waals surface area contributed by atoms with Crippen molar-refractivity contribution < 1.29 is 9.59 Å². The van der Waals surface area contributed by atoms with Crippen LogP contribution < -0.4 is 10.6 Å². The molecular weight excluding hydrogens is 340 g/mol. The molecule has 0 saturated carbocycles. The van der Waals surface area contributed by atoms with E-state index in [-0.39, 0.29) is 11.8 Å². The zero-order chi connectivity index (χ0) is 20.3. The third-order valence-electron chi connectivity index (χ3n) is 4.48. The summed E-state index contributed by atoms with van der Waals surface area (Å²) in [5.41, 5.74) is 0. The Kier molecular flexibility index (Phi) is 16.6. The highest BCUT2D eigenvalue weighted by molar-refractivity contribution is 5.87. The summed E-state index contributed by atoms with van der Waals surface area (Å²) in [5.74, 6) is -0.175. The standard InChI is InChI=1S/C21H40N4O2/c1-5-20(26)22-14-9-7-11-16-24(3)18-13-19-25(4)17-12-8-10-15-23-21(27)6-2/h5-6H,1-2,7-19H2,3-4H3,(H,22,26)(H,23,27). The van der Waals surface area contributed by atoms with Crippen LogP contribution in [0.5, 0.6) is 0 Å². The van der Waals surface area contributed by atoms with E-state index in [0.717, 1.165) is 65.0 Å². The quantitative estimate of drug-likeness (QED) is 0.283. The van der Waals surface area contributed by atoms with Gasteiger partial charge < -0.3 is 20.4 Å². The lowest BCUT2D eigenvalue weighted by Gasteiger charge is -2.20. The van der Waals surface area contributed by atoms with E-state index in [0.29, 0.717) is 0 Å². The van der Waals surface area contributed by atoms with Gasteiger partial charge in [-0.1, -0.05) is 26.0 Å². The van der Waals surface area contributed by atoms with Gasteiger partial charge in [0.15, 0.2) is 0 Å². The Morgan fingerprint density at radius 3 is 1.41 bits per heavy atom. The number of rotatable bonds is 18. The number of nitrogens with zero attached hydrogens (tertiary/aromatic N) is 2. The maximum absolute atomic E-state index is 11.0. The molecule has 0 aliphatic carbocycles. The molecule has 0 bridgehead atoms. The van der Waals surface area contributed by atoms with Crippen LogP contribution in [0.4, 0.5) is 0 Å². The van der Waals surface area contributed by atoms with Crippen LogP contribution in [0.3, 0.4) is 0 Å². The number of nitrogens with one attached hydrogen (secondary N) is 2. The summed E-state index contributed by atoms with van der Waals surface area (Å²) in [6.07, 6.45) is 10.4. The van der Waals surface area contributed by atoms with Crippen molar-refractivity contribution in [1.29, 1.82) is 0 Å². The Morgan fingerprint density at radius 1 is 0.667 bits per heavy atom. The smallest absolute Gasteiger partial charge is 0.243 e. The first-order valence-corrected chi connectivity index (χ1v) is 10.2. The van der Waals surface area contributed by atoms with Crippen LogP contribution in [-0.4, -0.2) is 75.0 Å². The molecular formula is C21H40N4O2. The third-order valence-corrected chi connectivity index (χ3v) is 4.48. The van der Waals surface area contributed by atoms with Crippen molar-refractivity contribution in [2.75, 3.05) is 53.4 Å². The molecule has 0 aliphatic heterocycles. The van der Waals surface area contributed by atoms with Crippen LogP contribution >= 0.6 is 0 Å². The molecule has 0 rings (SSSR count). The van der Waals surface area contributed by atoms with Crippen molar-refractivity contribution in [2.45, 2.75) is 44.9 Å². The van der Waals surface area contributed by atoms with E-state index in [1.807, 2.05) is 0 Å². The average molecular weight is 381 g/mol. The molecule has 2 N–H and O–H groups in total. The second kappa shape index (κ2) is 17.7. The van der Waals surface area contributed by atoms with Crippen molar-refractivity contribution in [3.8, 4) is 0 Å². The minimum atomic E-state index is -0.0873. The number of carbonyl (C=O) groups excluding carboxylic acids is 2. The van der Waals surface area contributed by atoms with Crippen LogP contribution in [0.25, 0.3) is 0 Å². The van der Waals surface area contributed by atoms with Gasteiger partial charge in [0.05, 0.1) is 0 Å². The molecule has 0 aromatic carbocycles. The second-order valence-electron chi connectivity index (χ2n) is 7.07. The van der Waals surface area contributed by atoms with Crippen molar-refractivity contribution in [3.63, 3.8) is 0 Å². The monoisotopic (exact) mass is 380 g/mol. The van der Waals surface area contributed by atoms with E-state index in [2.05, 4.69) is 47.7 Å². The fourth-order valence-electron chi connectivity index (χ4n) is 2.77. The van der Waals surface area contributed by atoms with Crippen molar-refractivity contribution in [3.05, 3.63) is 25.3 Å². The molecule has 0 fully saturated rings. The van der Waals surface area contributed by atoms with Gasteiger partial charge in [0.25, 0.3) is 0 Å². The highest BCUT2D eigenvalue weighted by atomic mass is 16.2. The number of unbranched alkanes of at least 4 members (excludes halogenated alkanes) is 4. The molecule has 2 amide bonds. The van der Waals surface area contributed by atoms with Gasteiger partial charge in [0, 0.05) is 13.1 Å². The van der Waals surface area contributed by atoms with Gasteiger partial charge in [0.1, 0.15) is 0 Å². The molecule has 27 heavy (non-hydrogen) atoms. The SMILES string of the molecule is C=CC(=O)NCCCCCN(C)CCCN(C)CCCCCNC(=O)C=C. The number of hydrogen-bond acceptors (Lipinski definition) is 4. The molecule has 0 aromatic rings. The average Bonchev–Trinajstić information content (AvgIpc) is 2.66.